The molecule has 0 atom stereocenters. The predicted molar refractivity (Wildman–Crippen MR) is 140 cm³/mol. The summed E-state index contributed by atoms with van der Waals surface area (Å²) in [6.07, 6.45) is 0. The van der Waals surface area contributed by atoms with Crippen LogP contribution < -0.4 is 0 Å². The molecule has 1 saturated heterocycles. The second kappa shape index (κ2) is 11.5. The Morgan fingerprint density at radius 2 is 1.26 bits per heavy atom. The highest BCUT2D eigenvalue weighted by Crippen LogP contribution is 2.27. The van der Waals surface area contributed by atoms with Crippen molar-refractivity contribution < 1.29 is 4.79 Å². The maximum atomic E-state index is 13.7. The van der Waals surface area contributed by atoms with Crippen molar-refractivity contribution in [1.82, 2.24) is 9.80 Å². The third kappa shape index (κ3) is 6.27. The fourth-order valence-corrected chi connectivity index (χ4v) is 4.28. The van der Waals surface area contributed by atoms with Crippen LogP contribution in [0.2, 0.25) is 0 Å². The van der Waals surface area contributed by atoms with Gasteiger partial charge in [-0.1, -0.05) is 78.9 Å². The normalized spacial score (nSPS) is 14.8. The van der Waals surface area contributed by atoms with Gasteiger partial charge in [-0.15, -0.1) is 0 Å². The van der Waals surface area contributed by atoms with Gasteiger partial charge in [0.25, 0.3) is 0 Å². The lowest BCUT2D eigenvalue weighted by Gasteiger charge is -2.36. The summed E-state index contributed by atoms with van der Waals surface area (Å²) in [7, 11) is 0. The van der Waals surface area contributed by atoms with E-state index in [1.165, 1.54) is 0 Å². The van der Waals surface area contributed by atoms with E-state index in [2.05, 4.69) is 9.89 Å². The molecule has 34 heavy (non-hydrogen) atoms. The lowest BCUT2D eigenvalue weighted by molar-refractivity contribution is -0.133. The number of para-hydroxylation sites is 1. The summed E-state index contributed by atoms with van der Waals surface area (Å²) in [6, 6.07) is 30.1. The van der Waals surface area contributed by atoms with Crippen LogP contribution in [0.4, 0.5) is 5.69 Å². The maximum Gasteiger partial charge on any atom is 0.234 e. The summed E-state index contributed by atoms with van der Waals surface area (Å²) in [5.74, 6) is 0.687. The van der Waals surface area contributed by atoms with E-state index >= 15 is 0 Å². The van der Waals surface area contributed by atoms with Crippen molar-refractivity contribution in [2.24, 2.45) is 9.98 Å². The Morgan fingerprint density at radius 3 is 1.76 bits per heavy atom. The van der Waals surface area contributed by atoms with Crippen LogP contribution >= 0.6 is 0 Å². The molecule has 0 N–H and O–H groups in total. The Hall–Kier alpha value is -3.57. The third-order valence-corrected chi connectivity index (χ3v) is 5.93. The number of benzene rings is 3. The third-order valence-electron chi connectivity index (χ3n) is 5.93. The van der Waals surface area contributed by atoms with E-state index in [9.17, 15) is 4.79 Å². The quantitative estimate of drug-likeness (QED) is 0.382. The van der Waals surface area contributed by atoms with Gasteiger partial charge in [0.1, 0.15) is 5.84 Å². The zero-order chi connectivity index (χ0) is 23.8. The molecule has 0 aromatic heterocycles. The van der Waals surface area contributed by atoms with Crippen molar-refractivity contribution in [3.63, 3.8) is 0 Å². The highest BCUT2D eigenvalue weighted by Gasteiger charge is 2.30. The van der Waals surface area contributed by atoms with E-state index in [4.69, 9.17) is 4.99 Å². The number of piperazine rings is 1. The molecule has 0 radical (unpaired) electrons. The number of amides is 1. The van der Waals surface area contributed by atoms with Crippen molar-refractivity contribution in [2.45, 2.75) is 19.8 Å². The molecule has 5 heteroatoms. The first-order chi connectivity index (χ1) is 16.6. The number of aliphatic imine (C=N–C) groups is 2. The summed E-state index contributed by atoms with van der Waals surface area (Å²) in [5, 5.41) is 0. The van der Waals surface area contributed by atoms with Crippen LogP contribution in [0.25, 0.3) is 0 Å². The monoisotopic (exact) mass is 452 g/mol. The van der Waals surface area contributed by atoms with Gasteiger partial charge in [0.15, 0.2) is 0 Å². The van der Waals surface area contributed by atoms with Crippen LogP contribution in [0.5, 0.6) is 0 Å². The van der Waals surface area contributed by atoms with Gasteiger partial charge in [0.05, 0.1) is 18.2 Å². The lowest BCUT2D eigenvalue weighted by atomic mass is 9.90. The minimum Gasteiger partial charge on any atom is -0.339 e. The van der Waals surface area contributed by atoms with E-state index < -0.39 is 0 Å². The molecule has 1 amide bonds. The smallest absolute Gasteiger partial charge is 0.234 e. The average Bonchev–Trinajstić information content (AvgIpc) is 2.86. The Morgan fingerprint density at radius 1 is 0.765 bits per heavy atom. The van der Waals surface area contributed by atoms with Gasteiger partial charge in [-0.2, -0.15) is 0 Å². The zero-order valence-electron chi connectivity index (χ0n) is 20.0. The van der Waals surface area contributed by atoms with E-state index in [1.807, 2.05) is 110 Å². The predicted octanol–water partition coefficient (Wildman–Crippen LogP) is 5.17. The van der Waals surface area contributed by atoms with Crippen LogP contribution in [0.1, 0.15) is 30.9 Å². The van der Waals surface area contributed by atoms with E-state index in [0.717, 1.165) is 41.5 Å². The first kappa shape index (κ1) is 23.6. The summed E-state index contributed by atoms with van der Waals surface area (Å²) >= 11 is 0. The highest BCUT2D eigenvalue weighted by molar-refractivity contribution is 5.98. The second-order valence-corrected chi connectivity index (χ2v) is 8.78. The average molecular weight is 453 g/mol. The van der Waals surface area contributed by atoms with E-state index in [1.54, 1.807) is 0 Å². The molecule has 0 aliphatic carbocycles. The van der Waals surface area contributed by atoms with Gasteiger partial charge in [-0.05, 0) is 37.1 Å². The van der Waals surface area contributed by atoms with Crippen molar-refractivity contribution in [3.8, 4) is 0 Å². The van der Waals surface area contributed by atoms with Crippen molar-refractivity contribution >= 4 is 23.1 Å². The molecule has 174 valence electrons. The van der Waals surface area contributed by atoms with Crippen molar-refractivity contribution in [3.05, 3.63) is 102 Å². The molecule has 3 aromatic carbocycles. The summed E-state index contributed by atoms with van der Waals surface area (Å²) in [6.45, 7) is 7.64. The van der Waals surface area contributed by atoms with Crippen LogP contribution in [0.3, 0.4) is 0 Å². The molecule has 0 spiro atoms. The molecule has 5 nitrogen and oxygen atoms in total. The number of hydrogen-bond acceptors (Lipinski definition) is 3. The number of carbonyl (C=O) groups excluding carboxylic acids is 1. The van der Waals surface area contributed by atoms with Crippen molar-refractivity contribution in [2.75, 3.05) is 32.7 Å². The minimum atomic E-state index is -0.281. The van der Waals surface area contributed by atoms with E-state index in [-0.39, 0.29) is 11.8 Å². The van der Waals surface area contributed by atoms with Gasteiger partial charge in [0.2, 0.25) is 5.91 Å². The minimum absolute atomic E-state index is 0.164. The molecule has 1 fully saturated rings. The van der Waals surface area contributed by atoms with Crippen LogP contribution in [0.15, 0.2) is 101 Å². The lowest BCUT2D eigenvalue weighted by Crippen LogP contribution is -2.51. The molecule has 3 aromatic rings. The van der Waals surface area contributed by atoms with Crippen LogP contribution in [-0.4, -0.2) is 60.0 Å². The fraction of sp³-hybridized carbons (Fsp3) is 0.276. The first-order valence-electron chi connectivity index (χ1n) is 11.9. The molecular weight excluding hydrogens is 420 g/mol. The second-order valence-electron chi connectivity index (χ2n) is 8.78. The number of carbonyl (C=O) groups is 1. The Kier molecular flexibility index (Phi) is 7.99. The van der Waals surface area contributed by atoms with Gasteiger partial charge >= 0.3 is 0 Å². The maximum absolute atomic E-state index is 13.7. The largest absolute Gasteiger partial charge is 0.339 e. The number of hydrogen-bond donors (Lipinski definition) is 0. The fourth-order valence-electron chi connectivity index (χ4n) is 4.28. The first-order valence-corrected chi connectivity index (χ1v) is 11.9. The molecule has 1 aliphatic heterocycles. The van der Waals surface area contributed by atoms with Crippen LogP contribution in [-0.2, 0) is 4.79 Å². The van der Waals surface area contributed by atoms with Crippen molar-refractivity contribution in [1.29, 1.82) is 0 Å². The van der Waals surface area contributed by atoms with Gasteiger partial charge in [-0.3, -0.25) is 9.69 Å². The zero-order valence-corrected chi connectivity index (χ0v) is 20.0. The highest BCUT2D eigenvalue weighted by atomic mass is 16.2. The van der Waals surface area contributed by atoms with Gasteiger partial charge in [-0.25, -0.2) is 9.98 Å². The molecule has 0 unspecified atom stereocenters. The Balaban J connectivity index is 1.45. The molecule has 1 aliphatic rings. The Bertz CT molecular complexity index is 1080. The molecule has 1 heterocycles. The Labute approximate surface area is 202 Å². The number of rotatable bonds is 6. The molecular formula is C29H32N4O. The molecule has 0 bridgehead atoms. The summed E-state index contributed by atoms with van der Waals surface area (Å²) < 4.78 is 0. The summed E-state index contributed by atoms with van der Waals surface area (Å²) in [5.41, 5.74) is 3.96. The van der Waals surface area contributed by atoms with Crippen LogP contribution in [0, 0.1) is 0 Å². The SMILES string of the molecule is CC(C)=NC(CN1CCN(C(=O)C(c2ccccc2)c2ccccc2)CC1)=Nc1ccccc1. The number of nitrogens with zero attached hydrogens (tertiary/aromatic N) is 4. The van der Waals surface area contributed by atoms with Gasteiger partial charge < -0.3 is 4.90 Å². The van der Waals surface area contributed by atoms with E-state index in [0.29, 0.717) is 19.6 Å². The standard InChI is InChI=1S/C29H32N4O/c1-23(2)30-27(31-26-16-10-5-11-17-26)22-32-18-20-33(21-19-32)29(34)28(24-12-6-3-7-13-24)25-14-8-4-9-15-25/h3-17,28H,18-22H2,1-2H3. The van der Waals surface area contributed by atoms with Gasteiger partial charge in [0, 0.05) is 31.9 Å². The molecule has 0 saturated carbocycles. The summed E-state index contributed by atoms with van der Waals surface area (Å²) in [4.78, 5) is 27.4. The molecule has 4 rings (SSSR count). The topological polar surface area (TPSA) is 48.3 Å². The number of amidine groups is 1.